The molecule has 0 radical (unpaired) electrons. The molecule has 1 unspecified atom stereocenters. The number of nitro groups is 1. The van der Waals surface area contributed by atoms with E-state index >= 15 is 0 Å². The van der Waals surface area contributed by atoms with E-state index in [0.29, 0.717) is 17.7 Å². The van der Waals surface area contributed by atoms with Gasteiger partial charge in [0.25, 0.3) is 5.69 Å². The van der Waals surface area contributed by atoms with Crippen LogP contribution in [-0.4, -0.2) is 16.1 Å². The molecule has 1 amide bonds. The first-order chi connectivity index (χ1) is 11.0. The second-order valence-electron chi connectivity index (χ2n) is 5.62. The Labute approximate surface area is 138 Å². The van der Waals surface area contributed by atoms with Crippen molar-refractivity contribution >= 4 is 29.0 Å². The highest BCUT2D eigenvalue weighted by atomic mass is 32.2. The fourth-order valence-corrected chi connectivity index (χ4v) is 3.94. The molecule has 23 heavy (non-hydrogen) atoms. The van der Waals surface area contributed by atoms with Gasteiger partial charge in [-0.3, -0.25) is 14.9 Å². The minimum atomic E-state index is -0.437. The normalized spacial score (nSPS) is 16.0. The lowest BCUT2D eigenvalue weighted by molar-refractivity contribution is -0.385. The molecular weight excluding hydrogens is 312 g/mol. The summed E-state index contributed by atoms with van der Waals surface area (Å²) in [6.07, 6.45) is 0.681. The molecule has 0 aromatic heterocycles. The van der Waals surface area contributed by atoms with Gasteiger partial charge in [-0.2, -0.15) is 0 Å². The van der Waals surface area contributed by atoms with Crippen LogP contribution in [0.1, 0.15) is 16.7 Å². The number of anilines is 1. The number of nitro benzene ring substituents is 1. The molecule has 2 aromatic rings. The molecule has 1 atom stereocenters. The van der Waals surface area contributed by atoms with Gasteiger partial charge in [0, 0.05) is 11.0 Å². The highest BCUT2D eigenvalue weighted by Gasteiger charge is 2.29. The lowest BCUT2D eigenvalue weighted by Gasteiger charge is -2.12. The van der Waals surface area contributed by atoms with Crippen molar-refractivity contribution in [1.29, 1.82) is 0 Å². The van der Waals surface area contributed by atoms with Gasteiger partial charge in [0.15, 0.2) is 0 Å². The van der Waals surface area contributed by atoms with Crippen molar-refractivity contribution in [1.82, 2.24) is 0 Å². The van der Waals surface area contributed by atoms with Crippen molar-refractivity contribution in [3.8, 4) is 0 Å². The third-order valence-corrected chi connectivity index (χ3v) is 5.25. The van der Waals surface area contributed by atoms with E-state index in [1.807, 2.05) is 13.0 Å². The Balaban J connectivity index is 1.77. The predicted molar refractivity (Wildman–Crippen MR) is 91.0 cm³/mol. The standard InChI is InChI=1S/C17H16N2O3S/c1-10-6-7-12-9-16(23-15(12)8-10)17(20)18-13-4-3-5-14(11(13)2)19(21)22/h3-8,16H,9H2,1-2H3,(H,18,20). The molecule has 0 saturated carbocycles. The molecular formula is C17H16N2O3S. The zero-order chi connectivity index (χ0) is 16.6. The topological polar surface area (TPSA) is 72.2 Å². The van der Waals surface area contributed by atoms with E-state index in [9.17, 15) is 14.9 Å². The minimum Gasteiger partial charge on any atom is -0.325 e. The van der Waals surface area contributed by atoms with Crippen LogP contribution in [0.25, 0.3) is 0 Å². The van der Waals surface area contributed by atoms with Crippen molar-refractivity contribution in [2.75, 3.05) is 5.32 Å². The fourth-order valence-electron chi connectivity index (χ4n) is 2.65. The molecule has 5 nitrogen and oxygen atoms in total. The molecule has 3 rings (SSSR count). The Morgan fingerprint density at radius 3 is 2.83 bits per heavy atom. The Kier molecular flexibility index (Phi) is 4.09. The lowest BCUT2D eigenvalue weighted by atomic mass is 10.1. The fraction of sp³-hybridized carbons (Fsp3) is 0.235. The first kappa shape index (κ1) is 15.6. The summed E-state index contributed by atoms with van der Waals surface area (Å²) in [5.74, 6) is -0.118. The van der Waals surface area contributed by atoms with E-state index < -0.39 is 4.92 Å². The molecule has 0 aliphatic carbocycles. The summed E-state index contributed by atoms with van der Waals surface area (Å²) in [5, 5.41) is 13.6. The second-order valence-corrected chi connectivity index (χ2v) is 6.86. The molecule has 118 valence electrons. The smallest absolute Gasteiger partial charge is 0.274 e. The van der Waals surface area contributed by atoms with Gasteiger partial charge >= 0.3 is 0 Å². The van der Waals surface area contributed by atoms with Gasteiger partial charge in [0.05, 0.1) is 21.4 Å². The quantitative estimate of drug-likeness (QED) is 0.686. The van der Waals surface area contributed by atoms with E-state index in [1.54, 1.807) is 30.8 Å². The van der Waals surface area contributed by atoms with Gasteiger partial charge in [0.2, 0.25) is 5.91 Å². The Morgan fingerprint density at radius 2 is 2.09 bits per heavy atom. The summed E-state index contributed by atoms with van der Waals surface area (Å²) >= 11 is 1.55. The number of rotatable bonds is 3. The molecule has 0 fully saturated rings. The van der Waals surface area contributed by atoms with Gasteiger partial charge in [0.1, 0.15) is 0 Å². The van der Waals surface area contributed by atoms with Crippen LogP contribution in [0.15, 0.2) is 41.3 Å². The van der Waals surface area contributed by atoms with Crippen molar-refractivity contribution < 1.29 is 9.72 Å². The molecule has 0 spiro atoms. The number of hydrogen-bond acceptors (Lipinski definition) is 4. The number of amides is 1. The summed E-state index contributed by atoms with van der Waals surface area (Å²) in [5.41, 5.74) is 3.34. The maximum Gasteiger partial charge on any atom is 0.274 e. The average molecular weight is 328 g/mol. The van der Waals surface area contributed by atoms with E-state index in [2.05, 4.69) is 17.4 Å². The Morgan fingerprint density at radius 1 is 1.30 bits per heavy atom. The zero-order valence-electron chi connectivity index (χ0n) is 12.8. The number of carbonyl (C=O) groups is 1. The summed E-state index contributed by atoms with van der Waals surface area (Å²) in [4.78, 5) is 24.2. The molecule has 1 aliphatic heterocycles. The van der Waals surface area contributed by atoms with Crippen molar-refractivity contribution in [3.05, 3.63) is 63.2 Å². The van der Waals surface area contributed by atoms with Crippen molar-refractivity contribution in [2.45, 2.75) is 30.4 Å². The van der Waals surface area contributed by atoms with Crippen LogP contribution >= 0.6 is 11.8 Å². The monoisotopic (exact) mass is 328 g/mol. The highest BCUT2D eigenvalue weighted by Crippen LogP contribution is 2.38. The van der Waals surface area contributed by atoms with Crippen LogP contribution in [0.2, 0.25) is 0 Å². The van der Waals surface area contributed by atoms with E-state index in [-0.39, 0.29) is 16.8 Å². The third kappa shape index (κ3) is 3.07. The van der Waals surface area contributed by atoms with Gasteiger partial charge in [-0.25, -0.2) is 0 Å². The minimum absolute atomic E-state index is 0.0146. The van der Waals surface area contributed by atoms with Crippen LogP contribution < -0.4 is 5.32 Å². The van der Waals surface area contributed by atoms with Gasteiger partial charge < -0.3 is 5.32 Å². The summed E-state index contributed by atoms with van der Waals surface area (Å²) in [6, 6.07) is 10.9. The third-order valence-electron chi connectivity index (χ3n) is 3.95. The lowest BCUT2D eigenvalue weighted by Crippen LogP contribution is -2.25. The number of fused-ring (bicyclic) bond motifs is 1. The summed E-state index contributed by atoms with van der Waals surface area (Å²) < 4.78 is 0. The predicted octanol–water partition coefficient (Wildman–Crippen LogP) is 3.87. The summed E-state index contributed by atoms with van der Waals surface area (Å²) in [6.45, 7) is 3.67. The van der Waals surface area contributed by atoms with Crippen molar-refractivity contribution in [2.24, 2.45) is 0 Å². The number of thioether (sulfide) groups is 1. The van der Waals surface area contributed by atoms with Crippen LogP contribution in [-0.2, 0) is 11.2 Å². The van der Waals surface area contributed by atoms with Gasteiger partial charge in [-0.1, -0.05) is 23.8 Å². The SMILES string of the molecule is Cc1ccc2c(c1)SC(C(=O)Nc1cccc([N+](=O)[O-])c1C)C2. The van der Waals surface area contributed by atoms with E-state index in [1.165, 1.54) is 17.2 Å². The largest absolute Gasteiger partial charge is 0.325 e. The zero-order valence-corrected chi connectivity index (χ0v) is 13.6. The molecule has 0 bridgehead atoms. The van der Waals surface area contributed by atoms with Crippen LogP contribution in [0.5, 0.6) is 0 Å². The molecule has 2 aromatic carbocycles. The number of nitrogens with zero attached hydrogens (tertiary/aromatic N) is 1. The van der Waals surface area contributed by atoms with Gasteiger partial charge in [-0.15, -0.1) is 11.8 Å². The number of nitrogens with one attached hydrogen (secondary N) is 1. The number of carbonyl (C=O) groups excluding carboxylic acids is 1. The number of benzene rings is 2. The van der Waals surface area contributed by atoms with Gasteiger partial charge in [-0.05, 0) is 38.0 Å². The molecule has 0 saturated heterocycles. The molecule has 6 heteroatoms. The molecule has 1 heterocycles. The molecule has 1 aliphatic rings. The van der Waals surface area contributed by atoms with Crippen LogP contribution in [0.3, 0.4) is 0 Å². The maximum absolute atomic E-state index is 12.5. The van der Waals surface area contributed by atoms with E-state index in [0.717, 1.165) is 4.90 Å². The second kappa shape index (κ2) is 6.04. The first-order valence-electron chi connectivity index (χ1n) is 7.27. The molecule has 1 N–H and O–H groups in total. The average Bonchev–Trinajstić information content (AvgIpc) is 2.92. The maximum atomic E-state index is 12.5. The highest BCUT2D eigenvalue weighted by molar-refractivity contribution is 8.01. The number of aryl methyl sites for hydroxylation is 1. The Bertz CT molecular complexity index is 804. The Hall–Kier alpha value is -2.34. The first-order valence-corrected chi connectivity index (χ1v) is 8.14. The van der Waals surface area contributed by atoms with E-state index in [4.69, 9.17) is 0 Å². The van der Waals surface area contributed by atoms with Crippen molar-refractivity contribution in [3.63, 3.8) is 0 Å². The van der Waals surface area contributed by atoms with Crippen LogP contribution in [0, 0.1) is 24.0 Å². The van der Waals surface area contributed by atoms with Crippen LogP contribution in [0.4, 0.5) is 11.4 Å². The summed E-state index contributed by atoms with van der Waals surface area (Å²) in [7, 11) is 0. The number of hydrogen-bond donors (Lipinski definition) is 1.